The molecule has 5 nitrogen and oxygen atoms in total. The summed E-state index contributed by atoms with van der Waals surface area (Å²) in [6, 6.07) is 4.84. The van der Waals surface area contributed by atoms with E-state index in [2.05, 4.69) is 25.7 Å². The summed E-state index contributed by atoms with van der Waals surface area (Å²) in [5, 5.41) is 11.6. The van der Waals surface area contributed by atoms with E-state index in [0.717, 1.165) is 6.20 Å². The summed E-state index contributed by atoms with van der Waals surface area (Å²) in [4.78, 5) is 3.75. The van der Waals surface area contributed by atoms with Crippen LogP contribution >= 0.6 is 0 Å². The zero-order valence-electron chi connectivity index (χ0n) is 9.13. The minimum atomic E-state index is -0.392. The maximum atomic E-state index is 12.9. The molecule has 86 valence electrons. The zero-order chi connectivity index (χ0) is 12.1. The van der Waals surface area contributed by atoms with Crippen LogP contribution in [0, 0.1) is 5.82 Å². The van der Waals surface area contributed by atoms with Gasteiger partial charge in [0, 0.05) is 18.0 Å². The number of anilines is 1. The summed E-state index contributed by atoms with van der Waals surface area (Å²) >= 11 is 0. The van der Waals surface area contributed by atoms with Crippen molar-refractivity contribution in [3.05, 3.63) is 48.2 Å². The Labute approximate surface area is 97.4 Å². The standard InChI is InChI=1S/C11H10FN5/c1-8(9-5-10(12)7-13-6-9)15-17-11-3-2-4-14-16-11/h2-7H,1H3,(H,16,17)/b15-8+. The Morgan fingerprint density at radius 1 is 1.41 bits per heavy atom. The second-order valence-electron chi connectivity index (χ2n) is 3.31. The van der Waals surface area contributed by atoms with Crippen LogP contribution in [0.1, 0.15) is 12.5 Å². The van der Waals surface area contributed by atoms with Crippen LogP contribution in [-0.2, 0) is 0 Å². The van der Waals surface area contributed by atoms with Crippen molar-refractivity contribution in [3.8, 4) is 0 Å². The van der Waals surface area contributed by atoms with Crippen LogP contribution < -0.4 is 5.43 Å². The Morgan fingerprint density at radius 2 is 2.29 bits per heavy atom. The van der Waals surface area contributed by atoms with E-state index in [1.807, 2.05) is 0 Å². The largest absolute Gasteiger partial charge is 0.261 e. The van der Waals surface area contributed by atoms with Crippen LogP contribution in [-0.4, -0.2) is 20.9 Å². The van der Waals surface area contributed by atoms with Crippen LogP contribution in [0.4, 0.5) is 10.2 Å². The summed E-state index contributed by atoms with van der Waals surface area (Å²) in [5.74, 6) is 0.132. The van der Waals surface area contributed by atoms with Gasteiger partial charge in [-0.2, -0.15) is 10.2 Å². The van der Waals surface area contributed by atoms with Crippen molar-refractivity contribution in [2.75, 3.05) is 5.43 Å². The van der Waals surface area contributed by atoms with Gasteiger partial charge in [-0.25, -0.2) is 4.39 Å². The predicted octanol–water partition coefficient (Wildman–Crippen LogP) is 1.85. The zero-order valence-corrected chi connectivity index (χ0v) is 9.13. The summed E-state index contributed by atoms with van der Waals surface area (Å²) in [5.41, 5.74) is 3.95. The Kier molecular flexibility index (Phi) is 3.34. The second kappa shape index (κ2) is 5.11. The molecule has 0 bridgehead atoms. The molecule has 0 aliphatic rings. The van der Waals surface area contributed by atoms with E-state index in [1.54, 1.807) is 31.5 Å². The summed E-state index contributed by atoms with van der Waals surface area (Å²) in [6.45, 7) is 1.75. The van der Waals surface area contributed by atoms with Gasteiger partial charge in [-0.15, -0.1) is 5.10 Å². The van der Waals surface area contributed by atoms with E-state index < -0.39 is 5.82 Å². The number of halogens is 1. The Hall–Kier alpha value is -2.37. The molecule has 0 amide bonds. The number of aromatic nitrogens is 3. The highest BCUT2D eigenvalue weighted by Gasteiger charge is 2.00. The van der Waals surface area contributed by atoms with E-state index >= 15 is 0 Å². The van der Waals surface area contributed by atoms with Gasteiger partial charge >= 0.3 is 0 Å². The number of nitrogens with one attached hydrogen (secondary N) is 1. The third-order valence-corrected chi connectivity index (χ3v) is 2.03. The number of pyridine rings is 1. The fraction of sp³-hybridized carbons (Fsp3) is 0.0909. The van der Waals surface area contributed by atoms with E-state index in [9.17, 15) is 4.39 Å². The molecule has 0 aromatic carbocycles. The van der Waals surface area contributed by atoms with Crippen molar-refractivity contribution >= 4 is 11.5 Å². The number of hydrogen-bond donors (Lipinski definition) is 1. The van der Waals surface area contributed by atoms with Gasteiger partial charge in [0.2, 0.25) is 0 Å². The number of hydrazone groups is 1. The number of nitrogens with zero attached hydrogens (tertiary/aromatic N) is 4. The lowest BCUT2D eigenvalue weighted by Crippen LogP contribution is -2.02. The molecule has 2 rings (SSSR count). The molecule has 0 saturated carbocycles. The highest BCUT2D eigenvalue weighted by atomic mass is 19.1. The fourth-order valence-electron chi connectivity index (χ4n) is 1.18. The molecule has 0 spiro atoms. The Balaban J connectivity index is 2.12. The first-order valence-corrected chi connectivity index (χ1v) is 4.94. The molecule has 2 heterocycles. The summed E-state index contributed by atoms with van der Waals surface area (Å²) in [6.07, 6.45) is 4.26. The Bertz CT molecular complexity index is 526. The molecular weight excluding hydrogens is 221 g/mol. The highest BCUT2D eigenvalue weighted by Crippen LogP contribution is 2.04. The van der Waals surface area contributed by atoms with Gasteiger partial charge < -0.3 is 0 Å². The molecule has 2 aromatic rings. The smallest absolute Gasteiger partial charge is 0.168 e. The molecule has 0 unspecified atom stereocenters. The van der Waals surface area contributed by atoms with Crippen LogP contribution in [0.5, 0.6) is 0 Å². The van der Waals surface area contributed by atoms with Gasteiger partial charge in [0.25, 0.3) is 0 Å². The van der Waals surface area contributed by atoms with Crippen LogP contribution in [0.3, 0.4) is 0 Å². The first-order valence-electron chi connectivity index (χ1n) is 4.94. The van der Waals surface area contributed by atoms with E-state index in [0.29, 0.717) is 17.1 Å². The lowest BCUT2D eigenvalue weighted by Gasteiger charge is -2.01. The van der Waals surface area contributed by atoms with Crippen molar-refractivity contribution in [1.82, 2.24) is 15.2 Å². The van der Waals surface area contributed by atoms with Crippen molar-refractivity contribution in [2.45, 2.75) is 6.92 Å². The third kappa shape index (κ3) is 3.04. The van der Waals surface area contributed by atoms with Gasteiger partial charge in [-0.05, 0) is 25.1 Å². The predicted molar refractivity (Wildman–Crippen MR) is 62.1 cm³/mol. The van der Waals surface area contributed by atoms with E-state index in [1.165, 1.54) is 6.07 Å². The number of hydrogen-bond acceptors (Lipinski definition) is 5. The fourth-order valence-corrected chi connectivity index (χ4v) is 1.18. The molecule has 0 atom stereocenters. The minimum Gasteiger partial charge on any atom is -0.261 e. The lowest BCUT2D eigenvalue weighted by molar-refractivity contribution is 0.621. The molecule has 0 radical (unpaired) electrons. The van der Waals surface area contributed by atoms with Gasteiger partial charge in [0.05, 0.1) is 11.9 Å². The first kappa shape index (κ1) is 11.1. The highest BCUT2D eigenvalue weighted by molar-refractivity contribution is 5.98. The molecule has 6 heteroatoms. The molecule has 1 N–H and O–H groups in total. The van der Waals surface area contributed by atoms with Gasteiger partial charge in [-0.3, -0.25) is 10.4 Å². The van der Waals surface area contributed by atoms with Crippen LogP contribution in [0.2, 0.25) is 0 Å². The molecule has 0 aliphatic carbocycles. The van der Waals surface area contributed by atoms with Crippen molar-refractivity contribution in [3.63, 3.8) is 0 Å². The average Bonchev–Trinajstić information content (AvgIpc) is 2.37. The van der Waals surface area contributed by atoms with Crippen LogP contribution in [0.15, 0.2) is 41.9 Å². The quantitative estimate of drug-likeness (QED) is 0.646. The Morgan fingerprint density at radius 3 is 3.00 bits per heavy atom. The average molecular weight is 231 g/mol. The first-order chi connectivity index (χ1) is 8.25. The normalized spacial score (nSPS) is 11.3. The van der Waals surface area contributed by atoms with E-state index in [4.69, 9.17) is 0 Å². The van der Waals surface area contributed by atoms with Crippen molar-refractivity contribution in [2.24, 2.45) is 5.10 Å². The van der Waals surface area contributed by atoms with E-state index in [-0.39, 0.29) is 0 Å². The topological polar surface area (TPSA) is 63.1 Å². The second-order valence-corrected chi connectivity index (χ2v) is 3.31. The molecular formula is C11H10FN5. The van der Waals surface area contributed by atoms with Crippen LogP contribution in [0.25, 0.3) is 0 Å². The lowest BCUT2D eigenvalue weighted by atomic mass is 10.2. The monoisotopic (exact) mass is 231 g/mol. The molecule has 0 fully saturated rings. The summed E-state index contributed by atoms with van der Waals surface area (Å²) in [7, 11) is 0. The SMILES string of the molecule is C/C(=N\Nc1cccnn1)c1cncc(F)c1. The molecule has 17 heavy (non-hydrogen) atoms. The molecule has 2 aromatic heterocycles. The minimum absolute atomic E-state index is 0.392. The summed E-state index contributed by atoms with van der Waals surface area (Å²) < 4.78 is 12.9. The molecule has 0 aliphatic heterocycles. The maximum absolute atomic E-state index is 12.9. The molecule has 0 saturated heterocycles. The van der Waals surface area contributed by atoms with Crippen molar-refractivity contribution < 1.29 is 4.39 Å². The maximum Gasteiger partial charge on any atom is 0.168 e. The van der Waals surface area contributed by atoms with Crippen molar-refractivity contribution in [1.29, 1.82) is 0 Å². The number of rotatable bonds is 3. The third-order valence-electron chi connectivity index (χ3n) is 2.03. The van der Waals surface area contributed by atoms with Gasteiger partial charge in [-0.1, -0.05) is 0 Å². The van der Waals surface area contributed by atoms with Gasteiger partial charge in [0.1, 0.15) is 5.82 Å². The van der Waals surface area contributed by atoms with Gasteiger partial charge in [0.15, 0.2) is 5.82 Å².